The molecule has 0 spiro atoms. The van der Waals surface area contributed by atoms with Crippen molar-refractivity contribution >= 4 is 10.0 Å². The molecule has 4 rings (SSSR count). The van der Waals surface area contributed by atoms with Gasteiger partial charge in [-0.05, 0) is 49.7 Å². The number of hydrogen-bond donors (Lipinski definition) is 1. The summed E-state index contributed by atoms with van der Waals surface area (Å²) in [6, 6.07) is 22.3. The maximum atomic E-state index is 13.4. The van der Waals surface area contributed by atoms with Gasteiger partial charge in [0.1, 0.15) is 0 Å². The number of aromatic nitrogens is 2. The molecule has 1 aromatic heterocycles. The van der Waals surface area contributed by atoms with Crippen molar-refractivity contribution in [3.05, 3.63) is 102 Å². The molecule has 0 amide bonds. The first-order chi connectivity index (χ1) is 16.0. The zero-order valence-electron chi connectivity index (χ0n) is 18.4. The summed E-state index contributed by atoms with van der Waals surface area (Å²) in [6.07, 6.45) is -4.62. The number of benzene rings is 3. The van der Waals surface area contributed by atoms with Crippen LogP contribution in [0.15, 0.2) is 89.8 Å². The largest absolute Gasteiger partial charge is 0.435 e. The lowest BCUT2D eigenvalue weighted by molar-refractivity contribution is -0.141. The Balaban J connectivity index is 1.67. The molecule has 5 nitrogen and oxygen atoms in total. The van der Waals surface area contributed by atoms with Gasteiger partial charge in [0.15, 0.2) is 5.69 Å². The van der Waals surface area contributed by atoms with E-state index in [1.165, 1.54) is 28.9 Å². The Morgan fingerprint density at radius 1 is 0.912 bits per heavy atom. The zero-order valence-corrected chi connectivity index (χ0v) is 19.2. The molecule has 1 unspecified atom stereocenters. The normalized spacial score (nSPS) is 13.1. The SMILES string of the molecule is Cc1ccc(-c2cc(C(F)(F)F)nn2-c2ccc(S(=O)(=O)NC(C)c3ccccc3)cc2)cc1. The third kappa shape index (κ3) is 5.05. The van der Waals surface area contributed by atoms with Gasteiger partial charge in [0.05, 0.1) is 16.3 Å². The molecule has 3 aromatic carbocycles. The summed E-state index contributed by atoms with van der Waals surface area (Å²) in [4.78, 5) is -0.000817. The lowest BCUT2D eigenvalue weighted by Crippen LogP contribution is -2.26. The molecule has 0 bridgehead atoms. The highest BCUT2D eigenvalue weighted by molar-refractivity contribution is 7.89. The average Bonchev–Trinajstić information content (AvgIpc) is 3.26. The molecule has 0 radical (unpaired) electrons. The van der Waals surface area contributed by atoms with Crippen LogP contribution < -0.4 is 4.72 Å². The first-order valence-electron chi connectivity index (χ1n) is 10.5. The standard InChI is InChI=1S/C25H22F3N3O2S/c1-17-8-10-20(11-9-17)23-16-24(25(26,27)28)29-31(23)21-12-14-22(15-13-21)34(32,33)30-18(2)19-6-4-3-5-7-19/h3-16,18,30H,1-2H3. The van der Waals surface area contributed by atoms with E-state index in [0.29, 0.717) is 11.3 Å². The Morgan fingerprint density at radius 2 is 1.53 bits per heavy atom. The lowest BCUT2D eigenvalue weighted by Gasteiger charge is -2.15. The monoisotopic (exact) mass is 485 g/mol. The van der Waals surface area contributed by atoms with Crippen LogP contribution in [0.1, 0.15) is 29.8 Å². The third-order valence-electron chi connectivity index (χ3n) is 5.37. The molecule has 1 N–H and O–H groups in total. The molecule has 9 heteroatoms. The number of rotatable bonds is 6. The zero-order chi connectivity index (χ0) is 24.5. The van der Waals surface area contributed by atoms with Crippen LogP contribution >= 0.6 is 0 Å². The topological polar surface area (TPSA) is 64.0 Å². The predicted octanol–water partition coefficient (Wildman–Crippen LogP) is 5.91. The van der Waals surface area contributed by atoms with Gasteiger partial charge in [0.2, 0.25) is 10.0 Å². The maximum Gasteiger partial charge on any atom is 0.435 e. The van der Waals surface area contributed by atoms with Gasteiger partial charge in [-0.1, -0.05) is 60.2 Å². The molecule has 34 heavy (non-hydrogen) atoms. The highest BCUT2D eigenvalue weighted by Crippen LogP contribution is 2.33. The number of hydrogen-bond acceptors (Lipinski definition) is 3. The van der Waals surface area contributed by atoms with Crippen molar-refractivity contribution in [3.63, 3.8) is 0 Å². The lowest BCUT2D eigenvalue weighted by atomic mass is 10.1. The molecule has 0 aliphatic carbocycles. The smallest absolute Gasteiger partial charge is 0.233 e. The first-order valence-corrected chi connectivity index (χ1v) is 11.9. The van der Waals surface area contributed by atoms with E-state index in [1.54, 1.807) is 31.2 Å². The predicted molar refractivity (Wildman–Crippen MR) is 124 cm³/mol. The van der Waals surface area contributed by atoms with E-state index in [0.717, 1.165) is 17.2 Å². The Hall–Kier alpha value is -3.43. The summed E-state index contributed by atoms with van der Waals surface area (Å²) in [6.45, 7) is 3.62. The molecular weight excluding hydrogens is 463 g/mol. The fraction of sp³-hybridized carbons (Fsp3) is 0.160. The van der Waals surface area contributed by atoms with Crippen LogP contribution in [0, 0.1) is 6.92 Å². The maximum absolute atomic E-state index is 13.4. The molecule has 0 aliphatic rings. The van der Waals surface area contributed by atoms with Crippen molar-refractivity contribution in [2.75, 3.05) is 0 Å². The number of halogens is 3. The minimum absolute atomic E-state index is 0.000817. The molecule has 1 atom stereocenters. The van der Waals surface area contributed by atoms with E-state index in [1.807, 2.05) is 37.3 Å². The van der Waals surface area contributed by atoms with Gasteiger partial charge < -0.3 is 0 Å². The van der Waals surface area contributed by atoms with Gasteiger partial charge in [-0.15, -0.1) is 0 Å². The van der Waals surface area contributed by atoms with Crippen molar-refractivity contribution < 1.29 is 21.6 Å². The van der Waals surface area contributed by atoms with Crippen LogP contribution in [-0.2, 0) is 16.2 Å². The van der Waals surface area contributed by atoms with Crippen molar-refractivity contribution in [3.8, 4) is 16.9 Å². The van der Waals surface area contributed by atoms with E-state index in [2.05, 4.69) is 9.82 Å². The molecule has 0 aliphatic heterocycles. The van der Waals surface area contributed by atoms with Crippen LogP contribution in [-0.4, -0.2) is 18.2 Å². The van der Waals surface area contributed by atoms with Crippen LogP contribution in [0.2, 0.25) is 0 Å². The Bertz CT molecular complexity index is 1380. The molecule has 0 saturated heterocycles. The highest BCUT2D eigenvalue weighted by atomic mass is 32.2. The fourth-order valence-electron chi connectivity index (χ4n) is 3.52. The minimum atomic E-state index is -4.62. The van der Waals surface area contributed by atoms with Gasteiger partial charge in [-0.25, -0.2) is 17.8 Å². The van der Waals surface area contributed by atoms with Crippen LogP contribution in [0.5, 0.6) is 0 Å². The second-order valence-electron chi connectivity index (χ2n) is 7.94. The van der Waals surface area contributed by atoms with Crippen LogP contribution in [0.3, 0.4) is 0 Å². The summed E-state index contributed by atoms with van der Waals surface area (Å²) in [5.41, 5.74) is 1.86. The van der Waals surface area contributed by atoms with Gasteiger partial charge >= 0.3 is 6.18 Å². The van der Waals surface area contributed by atoms with E-state index in [9.17, 15) is 21.6 Å². The molecule has 176 valence electrons. The Morgan fingerprint density at radius 3 is 2.12 bits per heavy atom. The second kappa shape index (κ2) is 9.08. The van der Waals surface area contributed by atoms with Crippen molar-refractivity contribution in [1.82, 2.24) is 14.5 Å². The quantitative estimate of drug-likeness (QED) is 0.370. The van der Waals surface area contributed by atoms with Gasteiger partial charge in [0, 0.05) is 11.6 Å². The Kier molecular flexibility index (Phi) is 6.33. The first kappa shape index (κ1) is 23.7. The average molecular weight is 486 g/mol. The number of alkyl halides is 3. The molecule has 4 aromatic rings. The second-order valence-corrected chi connectivity index (χ2v) is 9.65. The number of nitrogens with one attached hydrogen (secondary N) is 1. The summed E-state index contributed by atoms with van der Waals surface area (Å²) in [5, 5.41) is 3.76. The van der Waals surface area contributed by atoms with Gasteiger partial charge in [0.25, 0.3) is 0 Å². The van der Waals surface area contributed by atoms with Gasteiger partial charge in [-0.2, -0.15) is 18.3 Å². The van der Waals surface area contributed by atoms with Gasteiger partial charge in [-0.3, -0.25) is 0 Å². The van der Waals surface area contributed by atoms with Crippen molar-refractivity contribution in [1.29, 1.82) is 0 Å². The molecule has 1 heterocycles. The van der Waals surface area contributed by atoms with E-state index >= 15 is 0 Å². The molecule has 0 saturated carbocycles. The molecular formula is C25H22F3N3O2S. The third-order valence-corrected chi connectivity index (χ3v) is 6.93. The van der Waals surface area contributed by atoms with E-state index in [-0.39, 0.29) is 10.6 Å². The number of sulfonamides is 1. The van der Waals surface area contributed by atoms with Crippen molar-refractivity contribution in [2.24, 2.45) is 0 Å². The highest BCUT2D eigenvalue weighted by Gasteiger charge is 2.35. The minimum Gasteiger partial charge on any atom is -0.233 e. The van der Waals surface area contributed by atoms with Crippen molar-refractivity contribution in [2.45, 2.75) is 31.0 Å². The summed E-state index contributed by atoms with van der Waals surface area (Å²) in [5.74, 6) is 0. The summed E-state index contributed by atoms with van der Waals surface area (Å²) in [7, 11) is -3.85. The summed E-state index contributed by atoms with van der Waals surface area (Å²) >= 11 is 0. The van der Waals surface area contributed by atoms with E-state index < -0.39 is 27.9 Å². The van der Waals surface area contributed by atoms with E-state index in [4.69, 9.17) is 0 Å². The van der Waals surface area contributed by atoms with Crippen LogP contribution in [0.25, 0.3) is 16.9 Å². The number of aryl methyl sites for hydroxylation is 1. The summed E-state index contributed by atoms with van der Waals surface area (Å²) < 4.78 is 69.6. The molecule has 0 fully saturated rings. The Labute approximate surface area is 195 Å². The fourth-order valence-corrected chi connectivity index (χ4v) is 4.76. The number of nitrogens with zero attached hydrogens (tertiary/aromatic N) is 2. The van der Waals surface area contributed by atoms with Crippen LogP contribution in [0.4, 0.5) is 13.2 Å².